The molecule has 1 aliphatic rings. The molecule has 1 aromatic carbocycles. The van der Waals surface area contributed by atoms with E-state index in [2.05, 4.69) is 11.9 Å². The van der Waals surface area contributed by atoms with E-state index in [0.29, 0.717) is 62.8 Å². The Morgan fingerprint density at radius 3 is 2.57 bits per heavy atom. The van der Waals surface area contributed by atoms with E-state index in [9.17, 15) is 14.4 Å². The van der Waals surface area contributed by atoms with Crippen molar-refractivity contribution in [2.75, 3.05) is 66.5 Å². The van der Waals surface area contributed by atoms with Gasteiger partial charge in [-0.3, -0.25) is 14.5 Å². The molecule has 0 spiro atoms. The van der Waals surface area contributed by atoms with Crippen molar-refractivity contribution in [3.8, 4) is 5.75 Å². The summed E-state index contributed by atoms with van der Waals surface area (Å²) in [6.45, 7) is 11.9. The third-order valence-corrected chi connectivity index (χ3v) is 6.05. The Morgan fingerprint density at radius 2 is 1.91 bits per heavy atom. The summed E-state index contributed by atoms with van der Waals surface area (Å²) in [5.74, 6) is 0.469. The second-order valence-corrected chi connectivity index (χ2v) is 9.38. The molecule has 1 aliphatic heterocycles. The van der Waals surface area contributed by atoms with Gasteiger partial charge in [-0.25, -0.2) is 4.79 Å². The number of nitrogens with one attached hydrogen (secondary N) is 1. The molecule has 9 nitrogen and oxygen atoms in total. The molecule has 2 amide bonds. The van der Waals surface area contributed by atoms with Crippen molar-refractivity contribution in [2.45, 2.75) is 20.3 Å². The predicted octanol–water partition coefficient (Wildman–Crippen LogP) is 1.42. The Balaban J connectivity index is 1.58. The second kappa shape index (κ2) is 12.0. The number of piperazine rings is 1. The molecule has 9 heteroatoms. The van der Waals surface area contributed by atoms with E-state index in [0.717, 1.165) is 23.1 Å². The highest BCUT2D eigenvalue weighted by molar-refractivity contribution is 5.85. The number of hydrogen-bond acceptors (Lipinski definition) is 7. The summed E-state index contributed by atoms with van der Waals surface area (Å²) in [6.07, 6.45) is -0.0109. The van der Waals surface area contributed by atoms with E-state index in [1.807, 2.05) is 49.9 Å². The summed E-state index contributed by atoms with van der Waals surface area (Å²) in [6, 6.07) is 5.35. The zero-order chi connectivity index (χ0) is 25.5. The number of ether oxygens (including phenoxy) is 1. The smallest absolute Gasteiger partial charge is 0.340 e. The van der Waals surface area contributed by atoms with Gasteiger partial charge in [-0.1, -0.05) is 6.58 Å². The van der Waals surface area contributed by atoms with Crippen LogP contribution in [0.2, 0.25) is 0 Å². The Morgan fingerprint density at radius 1 is 1.20 bits per heavy atom. The van der Waals surface area contributed by atoms with Crippen molar-refractivity contribution in [2.24, 2.45) is 0 Å². The van der Waals surface area contributed by atoms with Crippen LogP contribution in [0.1, 0.15) is 18.1 Å². The van der Waals surface area contributed by atoms with Gasteiger partial charge in [0, 0.05) is 50.7 Å². The third kappa shape index (κ3) is 7.40. The fourth-order valence-corrected chi connectivity index (χ4v) is 3.97. The van der Waals surface area contributed by atoms with Crippen LogP contribution in [0.3, 0.4) is 0 Å². The standard InChI is InChI=1S/C26H36N4O5/c1-18(2)17-34-20-6-7-21-19(3)22(26(33)35-23(21)14-20)15-25(32)30-12-10-29(11-13-30)16-24(31)27-8-9-28(4)5/h6-7,14H,1,8-13,15-17H2,2-5H3,(H,27,31). The lowest BCUT2D eigenvalue weighted by atomic mass is 10.0. The van der Waals surface area contributed by atoms with E-state index in [1.54, 1.807) is 11.0 Å². The lowest BCUT2D eigenvalue weighted by Crippen LogP contribution is -2.51. The lowest BCUT2D eigenvalue weighted by Gasteiger charge is -2.34. The third-order valence-electron chi connectivity index (χ3n) is 6.05. The summed E-state index contributed by atoms with van der Waals surface area (Å²) in [5, 5.41) is 3.69. The molecule has 1 fully saturated rings. The summed E-state index contributed by atoms with van der Waals surface area (Å²) in [4.78, 5) is 43.6. The van der Waals surface area contributed by atoms with Crippen LogP contribution in [0.25, 0.3) is 11.0 Å². The fourth-order valence-electron chi connectivity index (χ4n) is 3.97. The molecule has 0 unspecified atom stereocenters. The minimum Gasteiger partial charge on any atom is -0.489 e. The highest BCUT2D eigenvalue weighted by Gasteiger charge is 2.24. The first-order valence-electron chi connectivity index (χ1n) is 11.9. The van der Waals surface area contributed by atoms with Gasteiger partial charge in [0.2, 0.25) is 11.8 Å². The predicted molar refractivity (Wildman–Crippen MR) is 136 cm³/mol. The summed E-state index contributed by atoms with van der Waals surface area (Å²) < 4.78 is 11.2. The number of carbonyl (C=O) groups is 2. The maximum Gasteiger partial charge on any atom is 0.340 e. The molecule has 1 saturated heterocycles. The van der Waals surface area contributed by atoms with Crippen molar-refractivity contribution >= 4 is 22.8 Å². The average molecular weight is 485 g/mol. The highest BCUT2D eigenvalue weighted by Crippen LogP contribution is 2.25. The zero-order valence-corrected chi connectivity index (χ0v) is 21.2. The largest absolute Gasteiger partial charge is 0.489 e. The molecule has 35 heavy (non-hydrogen) atoms. The quantitative estimate of drug-likeness (QED) is 0.403. The van der Waals surface area contributed by atoms with E-state index in [1.165, 1.54) is 0 Å². The molecule has 0 radical (unpaired) electrons. The number of amides is 2. The van der Waals surface area contributed by atoms with Crippen LogP contribution in [0.15, 0.2) is 39.6 Å². The van der Waals surface area contributed by atoms with Crippen LogP contribution in [-0.4, -0.2) is 93.0 Å². The molecular weight excluding hydrogens is 448 g/mol. The monoisotopic (exact) mass is 484 g/mol. The Hall–Kier alpha value is -3.17. The Kier molecular flexibility index (Phi) is 9.06. The van der Waals surface area contributed by atoms with Crippen LogP contribution >= 0.6 is 0 Å². The van der Waals surface area contributed by atoms with Crippen molar-refractivity contribution in [3.63, 3.8) is 0 Å². The van der Waals surface area contributed by atoms with Crippen LogP contribution in [-0.2, 0) is 16.0 Å². The first kappa shape index (κ1) is 26.4. The first-order valence-corrected chi connectivity index (χ1v) is 11.9. The number of nitrogens with zero attached hydrogens (tertiary/aromatic N) is 3. The molecule has 0 atom stereocenters. The number of aryl methyl sites for hydroxylation is 1. The van der Waals surface area contributed by atoms with Gasteiger partial charge in [0.15, 0.2) is 0 Å². The Bertz CT molecular complexity index is 1130. The molecule has 0 saturated carbocycles. The molecule has 190 valence electrons. The second-order valence-electron chi connectivity index (χ2n) is 9.38. The van der Waals surface area contributed by atoms with Crippen LogP contribution in [0.4, 0.5) is 0 Å². The number of fused-ring (bicyclic) bond motifs is 1. The van der Waals surface area contributed by atoms with E-state index in [-0.39, 0.29) is 18.2 Å². The van der Waals surface area contributed by atoms with Crippen LogP contribution in [0.5, 0.6) is 5.75 Å². The van der Waals surface area contributed by atoms with Gasteiger partial charge in [0.05, 0.1) is 18.5 Å². The van der Waals surface area contributed by atoms with Gasteiger partial charge in [0.1, 0.15) is 17.9 Å². The summed E-state index contributed by atoms with van der Waals surface area (Å²) in [7, 11) is 3.92. The molecule has 1 N–H and O–H groups in total. The van der Waals surface area contributed by atoms with Crippen molar-refractivity contribution < 1.29 is 18.7 Å². The minimum absolute atomic E-state index is 0.00999. The van der Waals surface area contributed by atoms with Crippen LogP contribution < -0.4 is 15.7 Å². The average Bonchev–Trinajstić information content (AvgIpc) is 2.80. The molecule has 0 aliphatic carbocycles. The highest BCUT2D eigenvalue weighted by atomic mass is 16.5. The van der Waals surface area contributed by atoms with Crippen molar-refractivity contribution in [1.29, 1.82) is 0 Å². The number of hydrogen-bond donors (Lipinski definition) is 1. The summed E-state index contributed by atoms with van der Waals surface area (Å²) >= 11 is 0. The lowest BCUT2D eigenvalue weighted by molar-refractivity contribution is -0.132. The fraction of sp³-hybridized carbons (Fsp3) is 0.500. The molecule has 1 aromatic heterocycles. The van der Waals surface area contributed by atoms with Crippen LogP contribution in [0, 0.1) is 6.92 Å². The normalized spacial score (nSPS) is 14.4. The van der Waals surface area contributed by atoms with Crippen molar-refractivity contribution in [1.82, 2.24) is 20.0 Å². The van der Waals surface area contributed by atoms with Gasteiger partial charge in [-0.2, -0.15) is 0 Å². The number of rotatable bonds is 10. The van der Waals surface area contributed by atoms with Gasteiger partial charge in [-0.05, 0) is 51.2 Å². The van der Waals surface area contributed by atoms with Gasteiger partial charge < -0.3 is 24.3 Å². The number of benzene rings is 1. The zero-order valence-electron chi connectivity index (χ0n) is 21.2. The van der Waals surface area contributed by atoms with Crippen molar-refractivity contribution in [3.05, 3.63) is 51.9 Å². The minimum atomic E-state index is -0.506. The summed E-state index contributed by atoms with van der Waals surface area (Å²) in [5.41, 5.74) is 1.93. The molecule has 3 rings (SSSR count). The van der Waals surface area contributed by atoms with E-state index >= 15 is 0 Å². The molecular formula is C26H36N4O5. The first-order chi connectivity index (χ1) is 16.6. The maximum absolute atomic E-state index is 13.0. The van der Waals surface area contributed by atoms with Gasteiger partial charge >= 0.3 is 5.63 Å². The molecule has 2 aromatic rings. The molecule has 0 bridgehead atoms. The number of carbonyl (C=O) groups excluding carboxylic acids is 2. The molecule has 2 heterocycles. The Labute approximate surface area is 206 Å². The number of likely N-dealkylation sites (N-methyl/N-ethyl adjacent to an activating group) is 1. The maximum atomic E-state index is 13.0. The van der Waals surface area contributed by atoms with E-state index in [4.69, 9.17) is 9.15 Å². The SMILES string of the molecule is C=C(C)COc1ccc2c(C)c(CC(=O)N3CCN(CC(=O)NCCN(C)C)CC3)c(=O)oc2c1. The van der Waals surface area contributed by atoms with Gasteiger partial charge in [-0.15, -0.1) is 0 Å². The van der Waals surface area contributed by atoms with E-state index < -0.39 is 5.63 Å². The topological polar surface area (TPSA) is 95.3 Å². The van der Waals surface area contributed by atoms with Gasteiger partial charge in [0.25, 0.3) is 0 Å².